The van der Waals surface area contributed by atoms with Gasteiger partial charge < -0.3 is 0 Å². The number of hydrogen-bond donors (Lipinski definition) is 0. The summed E-state index contributed by atoms with van der Waals surface area (Å²) in [4.78, 5) is 4.48. The van der Waals surface area contributed by atoms with Crippen molar-refractivity contribution < 1.29 is 0 Å². The average Bonchev–Trinajstić information content (AvgIpc) is 3.11. The molecule has 2 aliphatic carbocycles. The molecule has 0 saturated heterocycles. The van der Waals surface area contributed by atoms with Crippen molar-refractivity contribution in [2.24, 2.45) is 0 Å². The molecule has 4 aromatic rings. The maximum Gasteiger partial charge on any atom is 0.0511 e. The van der Waals surface area contributed by atoms with E-state index in [4.69, 9.17) is 0 Å². The third-order valence-corrected chi connectivity index (χ3v) is 6.61. The predicted octanol–water partition coefficient (Wildman–Crippen LogP) is 6.91. The van der Waals surface area contributed by atoms with Crippen molar-refractivity contribution in [2.75, 3.05) is 0 Å². The minimum atomic E-state index is -0.170. The minimum Gasteiger partial charge on any atom is -0.264 e. The molecule has 6 rings (SSSR count). The second-order valence-corrected chi connectivity index (χ2v) is 7.98. The van der Waals surface area contributed by atoms with Gasteiger partial charge in [0, 0.05) is 18.0 Å². The summed E-state index contributed by atoms with van der Waals surface area (Å²) >= 11 is 0. The normalized spacial score (nSPS) is 20.5. The molecule has 0 saturated carbocycles. The van der Waals surface area contributed by atoms with Crippen molar-refractivity contribution in [1.29, 1.82) is 0 Å². The molecule has 0 amide bonds. The molecule has 29 heavy (non-hydrogen) atoms. The minimum absolute atomic E-state index is 0.170. The maximum atomic E-state index is 4.48. The zero-order valence-corrected chi connectivity index (χ0v) is 16.4. The predicted molar refractivity (Wildman–Crippen MR) is 121 cm³/mol. The summed E-state index contributed by atoms with van der Waals surface area (Å²) in [5.41, 5.74) is 9.36. The highest BCUT2D eigenvalue weighted by Crippen LogP contribution is 2.59. The summed E-state index contributed by atoms with van der Waals surface area (Å²) in [5.74, 6) is 0. The maximum absolute atomic E-state index is 4.48. The van der Waals surface area contributed by atoms with Gasteiger partial charge >= 0.3 is 0 Å². The van der Waals surface area contributed by atoms with Gasteiger partial charge in [0.05, 0.1) is 5.41 Å². The van der Waals surface area contributed by atoms with Crippen LogP contribution in [0.2, 0.25) is 0 Å². The Morgan fingerprint density at radius 1 is 0.793 bits per heavy atom. The van der Waals surface area contributed by atoms with Gasteiger partial charge in [-0.1, -0.05) is 78.9 Å². The zero-order valence-electron chi connectivity index (χ0n) is 16.4. The Labute approximate surface area is 171 Å². The van der Waals surface area contributed by atoms with Crippen molar-refractivity contribution >= 4 is 16.3 Å². The number of benzene rings is 3. The summed E-state index contributed by atoms with van der Waals surface area (Å²) in [5, 5.41) is 2.71. The van der Waals surface area contributed by atoms with E-state index >= 15 is 0 Å². The summed E-state index contributed by atoms with van der Waals surface area (Å²) in [6, 6.07) is 24.7. The van der Waals surface area contributed by atoms with Gasteiger partial charge in [-0.2, -0.15) is 0 Å². The van der Waals surface area contributed by atoms with Crippen LogP contribution in [0.5, 0.6) is 0 Å². The molecule has 0 aliphatic heterocycles. The van der Waals surface area contributed by atoms with Crippen LogP contribution in [0.15, 0.2) is 97.4 Å². The van der Waals surface area contributed by atoms with Crippen LogP contribution in [0.3, 0.4) is 0 Å². The van der Waals surface area contributed by atoms with E-state index in [2.05, 4.69) is 96.9 Å². The lowest BCUT2D eigenvalue weighted by atomic mass is 9.63. The van der Waals surface area contributed by atoms with Crippen LogP contribution in [-0.4, -0.2) is 4.98 Å². The first-order valence-electron chi connectivity index (χ1n) is 10.2. The molecule has 3 aromatic carbocycles. The highest BCUT2D eigenvalue weighted by atomic mass is 14.6. The Kier molecular flexibility index (Phi) is 3.43. The van der Waals surface area contributed by atoms with Crippen molar-refractivity contribution in [3.8, 4) is 11.1 Å². The Bertz CT molecular complexity index is 1340. The average molecular weight is 371 g/mol. The van der Waals surface area contributed by atoms with Gasteiger partial charge in [0.25, 0.3) is 0 Å². The number of hydrogen-bond acceptors (Lipinski definition) is 1. The number of rotatable bonds is 1. The first-order valence-corrected chi connectivity index (χ1v) is 10.2. The van der Waals surface area contributed by atoms with Crippen molar-refractivity contribution in [3.05, 3.63) is 120 Å². The van der Waals surface area contributed by atoms with Crippen LogP contribution >= 0.6 is 0 Å². The number of fused-ring (bicyclic) bond motifs is 6. The Morgan fingerprint density at radius 3 is 2.45 bits per heavy atom. The molecule has 2 aliphatic rings. The smallest absolute Gasteiger partial charge is 0.0511 e. The molecule has 1 heterocycles. The van der Waals surface area contributed by atoms with Crippen LogP contribution in [0.1, 0.15) is 35.6 Å². The number of allylic oxidation sites excluding steroid dienone is 4. The molecule has 138 valence electrons. The second-order valence-electron chi connectivity index (χ2n) is 7.98. The lowest BCUT2D eigenvalue weighted by molar-refractivity contribution is 0.665. The van der Waals surface area contributed by atoms with Crippen molar-refractivity contribution in [3.63, 3.8) is 0 Å². The van der Waals surface area contributed by atoms with Gasteiger partial charge in [-0.15, -0.1) is 0 Å². The summed E-state index contributed by atoms with van der Waals surface area (Å²) in [6.07, 6.45) is 11.5. The first kappa shape index (κ1) is 16.5. The van der Waals surface area contributed by atoms with Crippen LogP contribution in [-0.2, 0) is 5.41 Å². The molecular weight excluding hydrogens is 350 g/mol. The summed E-state index contributed by atoms with van der Waals surface area (Å²) < 4.78 is 0. The van der Waals surface area contributed by atoms with E-state index < -0.39 is 0 Å². The molecule has 0 radical (unpaired) electrons. The second kappa shape index (κ2) is 6.02. The number of nitrogens with zero attached hydrogens (tertiary/aromatic N) is 1. The summed E-state index contributed by atoms with van der Waals surface area (Å²) in [6.45, 7) is 2.07. The molecule has 1 nitrogen and oxygen atoms in total. The highest BCUT2D eigenvalue weighted by Gasteiger charge is 2.48. The molecule has 1 spiro atoms. The third kappa shape index (κ3) is 2.08. The van der Waals surface area contributed by atoms with Crippen molar-refractivity contribution in [1.82, 2.24) is 4.98 Å². The third-order valence-electron chi connectivity index (χ3n) is 6.61. The quantitative estimate of drug-likeness (QED) is 0.354. The van der Waals surface area contributed by atoms with Gasteiger partial charge in [0.2, 0.25) is 0 Å². The van der Waals surface area contributed by atoms with E-state index in [0.29, 0.717) is 0 Å². The van der Waals surface area contributed by atoms with Gasteiger partial charge in [0.15, 0.2) is 0 Å². The van der Waals surface area contributed by atoms with Crippen LogP contribution in [0.4, 0.5) is 0 Å². The lowest BCUT2D eigenvalue weighted by Crippen LogP contribution is -2.29. The van der Waals surface area contributed by atoms with Crippen molar-refractivity contribution in [2.45, 2.75) is 18.8 Å². The van der Waals surface area contributed by atoms with Gasteiger partial charge in [-0.3, -0.25) is 4.98 Å². The van der Waals surface area contributed by atoms with E-state index in [1.165, 1.54) is 49.7 Å². The van der Waals surface area contributed by atoms with E-state index in [1.54, 1.807) is 0 Å². The number of aromatic nitrogens is 1. The Hall–Kier alpha value is -3.45. The molecule has 0 fully saturated rings. The SMILES string of the molecule is C/C=C\C=C1/CC2(c3ccncc31)c1ccccc1-c1cccc3cccc2c13. The monoisotopic (exact) mass is 371 g/mol. The summed E-state index contributed by atoms with van der Waals surface area (Å²) in [7, 11) is 0. The molecule has 0 bridgehead atoms. The fourth-order valence-electron chi connectivity index (χ4n) is 5.50. The molecule has 1 atom stereocenters. The van der Waals surface area contributed by atoms with Gasteiger partial charge in [-0.25, -0.2) is 0 Å². The fourth-order valence-corrected chi connectivity index (χ4v) is 5.50. The van der Waals surface area contributed by atoms with Gasteiger partial charge in [-0.05, 0) is 63.6 Å². The van der Waals surface area contributed by atoms with E-state index in [1.807, 2.05) is 12.4 Å². The Morgan fingerprint density at radius 2 is 1.55 bits per heavy atom. The van der Waals surface area contributed by atoms with E-state index in [9.17, 15) is 0 Å². The molecule has 0 N–H and O–H groups in total. The van der Waals surface area contributed by atoms with E-state index in [-0.39, 0.29) is 5.41 Å². The standard InChI is InChI=1S/C28H21N/c1-2-3-8-20-17-28(25-15-16-29-18-23(20)25)24-13-5-4-11-21(24)22-12-6-9-19-10-7-14-26(28)27(19)22/h2-16,18H,17H2,1H3/b3-2-,20-8+. The molecule has 1 heteroatoms. The first-order chi connectivity index (χ1) is 14.3. The topological polar surface area (TPSA) is 12.9 Å². The number of pyridine rings is 1. The zero-order chi connectivity index (χ0) is 19.4. The van der Waals surface area contributed by atoms with Crippen LogP contribution in [0, 0.1) is 0 Å². The van der Waals surface area contributed by atoms with Crippen LogP contribution in [0.25, 0.3) is 27.5 Å². The Balaban J connectivity index is 1.81. The van der Waals surface area contributed by atoms with Crippen LogP contribution < -0.4 is 0 Å². The highest BCUT2D eigenvalue weighted by molar-refractivity contribution is 6.05. The van der Waals surface area contributed by atoms with Gasteiger partial charge in [0.1, 0.15) is 0 Å². The molecule has 1 aromatic heterocycles. The van der Waals surface area contributed by atoms with E-state index in [0.717, 1.165) is 6.42 Å². The largest absolute Gasteiger partial charge is 0.264 e. The molecular formula is C28H21N. The molecule has 1 unspecified atom stereocenters. The lowest BCUT2D eigenvalue weighted by Gasteiger charge is -2.38. The fraction of sp³-hybridized carbons (Fsp3) is 0.107.